The maximum atomic E-state index is 12.7. The van der Waals surface area contributed by atoms with Crippen molar-refractivity contribution in [3.63, 3.8) is 0 Å². The van der Waals surface area contributed by atoms with E-state index in [2.05, 4.69) is 29.4 Å². The molecular weight excluding hydrogens is 726 g/mol. The van der Waals surface area contributed by atoms with E-state index in [4.69, 9.17) is 19.9 Å². The predicted octanol–water partition coefficient (Wildman–Crippen LogP) is 1.46. The van der Waals surface area contributed by atoms with Crippen LogP contribution in [0.1, 0.15) is 96.8 Å². The van der Waals surface area contributed by atoms with E-state index in [1.165, 1.54) is 32.1 Å². The quantitative estimate of drug-likeness (QED) is 0.0648. The van der Waals surface area contributed by atoms with Crippen molar-refractivity contribution < 1.29 is 59.5 Å². The first-order chi connectivity index (χ1) is 26.8. The topological polar surface area (TPSA) is 254 Å². The maximum Gasteiger partial charge on any atom is 0.335 e. The van der Waals surface area contributed by atoms with Gasteiger partial charge in [0.1, 0.15) is 36.7 Å². The molecule has 5 fully saturated rings. The highest BCUT2D eigenvalue weighted by Crippen LogP contribution is 2.46. The number of fused-ring (bicyclic) bond motifs is 1. The number of nitrogens with one attached hydrogen (secondary N) is 1. The molecule has 6 rings (SSSR count). The van der Waals surface area contributed by atoms with Crippen LogP contribution in [0.15, 0.2) is 28.8 Å². The molecule has 0 aromatic rings. The summed E-state index contributed by atoms with van der Waals surface area (Å²) in [5.41, 5.74) is 4.08. The highest BCUT2D eigenvalue weighted by Gasteiger charge is 2.62. The third-order valence-electron chi connectivity index (χ3n) is 13.7. The van der Waals surface area contributed by atoms with E-state index in [-0.39, 0.29) is 36.6 Å². The van der Waals surface area contributed by atoms with Gasteiger partial charge in [0.15, 0.2) is 24.2 Å². The Bertz CT molecular complexity index is 1420. The Morgan fingerprint density at radius 3 is 2.43 bits per heavy atom. The molecule has 6 aliphatic rings. The van der Waals surface area contributed by atoms with Gasteiger partial charge in [-0.3, -0.25) is 10.1 Å². The zero-order chi connectivity index (χ0) is 40.1. The number of carbonyl (C=O) groups excluding carboxylic acids is 1. The molecule has 14 unspecified atom stereocenters. The predicted molar refractivity (Wildman–Crippen MR) is 203 cm³/mol. The smallest absolute Gasteiger partial charge is 0.335 e. The molecule has 10 N–H and O–H groups in total. The van der Waals surface area contributed by atoms with Gasteiger partial charge in [-0.15, -0.1) is 4.99 Å². The number of amides is 1. The van der Waals surface area contributed by atoms with E-state index in [0.29, 0.717) is 50.9 Å². The van der Waals surface area contributed by atoms with Crippen molar-refractivity contribution in [3.05, 3.63) is 30.3 Å². The summed E-state index contributed by atoms with van der Waals surface area (Å²) < 4.78 is 18.2. The third-order valence-corrected chi connectivity index (χ3v) is 13.7. The Morgan fingerprint density at radius 1 is 1.04 bits per heavy atom. The Labute approximate surface area is 329 Å². The number of allylic oxidation sites excluding steroid dienone is 3. The van der Waals surface area contributed by atoms with E-state index in [1.807, 2.05) is 6.08 Å². The fraction of sp³-hybridized carbons (Fsp3) is 0.805. The lowest BCUT2D eigenvalue weighted by molar-refractivity contribution is -0.367. The van der Waals surface area contributed by atoms with Crippen LogP contribution >= 0.6 is 0 Å². The average molecular weight is 791 g/mol. The summed E-state index contributed by atoms with van der Waals surface area (Å²) in [5.74, 6) is -2.60. The van der Waals surface area contributed by atoms with Crippen LogP contribution < -0.4 is 11.1 Å². The second kappa shape index (κ2) is 19.1. The zero-order valence-electron chi connectivity index (χ0n) is 32.4. The second-order valence-electron chi connectivity index (χ2n) is 17.4. The molecular formula is C41H64N3O12+. The Hall–Kier alpha value is -2.44. The molecule has 314 valence electrons. The van der Waals surface area contributed by atoms with Crippen LogP contribution in [-0.2, 0) is 23.8 Å². The second-order valence-corrected chi connectivity index (χ2v) is 17.4. The first-order valence-corrected chi connectivity index (χ1v) is 20.8. The molecule has 3 saturated carbocycles. The number of hydrogen-bond donors (Lipinski definition) is 9. The largest absolute Gasteiger partial charge is 0.479 e. The molecule has 3 aliphatic carbocycles. The molecule has 0 aromatic heterocycles. The average Bonchev–Trinajstić information content (AvgIpc) is 3.70. The zero-order valence-corrected chi connectivity index (χ0v) is 32.4. The maximum absolute atomic E-state index is 12.7. The van der Waals surface area contributed by atoms with Gasteiger partial charge in [-0.05, 0) is 81.5 Å². The number of carbonyl (C=O) groups is 2. The first-order valence-electron chi connectivity index (χ1n) is 20.8. The van der Waals surface area contributed by atoms with Crippen LogP contribution in [0.5, 0.6) is 0 Å². The summed E-state index contributed by atoms with van der Waals surface area (Å²) >= 11 is 0. The first kappa shape index (κ1) is 43.1. The van der Waals surface area contributed by atoms with E-state index >= 15 is 0 Å². The van der Waals surface area contributed by atoms with Crippen LogP contribution in [0.2, 0.25) is 0 Å². The van der Waals surface area contributed by atoms with Gasteiger partial charge < -0.3 is 55.7 Å². The Balaban J connectivity index is 1.15. The molecule has 0 aromatic carbocycles. The van der Waals surface area contributed by atoms with Gasteiger partial charge in [0.2, 0.25) is 5.91 Å². The van der Waals surface area contributed by atoms with Crippen molar-refractivity contribution >= 4 is 18.1 Å². The monoisotopic (exact) mass is 790 g/mol. The van der Waals surface area contributed by atoms with Crippen LogP contribution in [0.25, 0.3) is 0 Å². The number of primary amides is 1. The minimum Gasteiger partial charge on any atom is -0.479 e. The van der Waals surface area contributed by atoms with Crippen LogP contribution in [0, 0.1) is 42.1 Å². The Morgan fingerprint density at radius 2 is 1.77 bits per heavy atom. The number of carboxylic acids is 1. The van der Waals surface area contributed by atoms with Gasteiger partial charge in [-0.25, -0.2) is 4.79 Å². The fourth-order valence-electron chi connectivity index (χ4n) is 10.2. The van der Waals surface area contributed by atoms with E-state index in [1.54, 1.807) is 12.8 Å². The van der Waals surface area contributed by atoms with Gasteiger partial charge in [-0.2, -0.15) is 0 Å². The molecule has 2 saturated heterocycles. The number of rotatable bonds is 15. The van der Waals surface area contributed by atoms with Gasteiger partial charge in [0.25, 0.3) is 0 Å². The molecule has 0 spiro atoms. The van der Waals surface area contributed by atoms with Gasteiger partial charge in [0, 0.05) is 31.2 Å². The number of nitrogens with zero attached hydrogens (tertiary/aromatic N) is 1. The molecule has 3 aliphatic heterocycles. The molecule has 56 heavy (non-hydrogen) atoms. The highest BCUT2D eigenvalue weighted by molar-refractivity contribution is 5.82. The number of aliphatic hydroxyl groups excluding tert-OH is 5. The highest BCUT2D eigenvalue weighted by atomic mass is 16.7. The minimum absolute atomic E-state index is 0.0525. The molecule has 0 radical (unpaired) electrons. The minimum atomic E-state index is -2.72. The van der Waals surface area contributed by atoms with E-state index in [9.17, 15) is 45.3 Å². The summed E-state index contributed by atoms with van der Waals surface area (Å²) in [6.45, 7) is 4.01. The lowest BCUT2D eigenvalue weighted by Crippen LogP contribution is -2.75. The lowest BCUT2D eigenvalue weighted by atomic mass is 9.66. The van der Waals surface area contributed by atoms with E-state index < -0.39 is 84.7 Å². The number of carboxylic acid groups (broad SMARTS) is 1. The van der Waals surface area contributed by atoms with Gasteiger partial charge in [-0.1, -0.05) is 38.3 Å². The normalized spacial score (nSPS) is 41.0. The number of aliphatic hydroxyl groups is 6. The van der Waals surface area contributed by atoms with Crippen molar-refractivity contribution in [1.82, 2.24) is 5.32 Å². The standard InChI is InChI=1S/C41H63N3O12/c1-22(6-5-9-23-7-3-2-4-8-23)26(18-24-16-17-43-20-24)21-44-39(52)41(53)36(48)33(47)35(38(50)51)56-40(41)54-28-14-15-29-30(19-28)55-34(37(42)49)31(32(29)46)25-10-12-27(45)13-11-25/h5,9,16-17,20,22-23,25-36,39-40,44-48,52-53H,2-4,6-8,10-15,18-19,21H2,1H3,(H2-,42,49,50,51)/p+1. The fourth-order valence-corrected chi connectivity index (χ4v) is 10.2. The van der Waals surface area contributed by atoms with Gasteiger partial charge in [0.05, 0.1) is 30.5 Å². The Kier molecular flexibility index (Phi) is 14.7. The molecule has 0 bridgehead atoms. The molecule has 3 heterocycles. The van der Waals surface area contributed by atoms with Crippen molar-refractivity contribution in [2.75, 3.05) is 6.54 Å². The molecule has 14 atom stereocenters. The number of aliphatic carboxylic acids is 1. The number of ether oxygens (including phenoxy) is 3. The van der Waals surface area contributed by atoms with Crippen molar-refractivity contribution in [2.45, 2.75) is 164 Å². The molecule has 1 amide bonds. The number of nitrogens with two attached hydrogens (primary N) is 1. The van der Waals surface area contributed by atoms with E-state index in [0.717, 1.165) is 12.0 Å². The SMILES string of the molecule is CC(CC=CC1CCCCC1)C(CNC(O)C1(O)C(OC2CCC3C(C2)OC(C(N)=O)C(C2CCC(O)CC2)C3O)OC(C(=O)O)C(O)C1O)CC1=C[CH+]N=C1. The molecule has 15 heteroatoms. The van der Waals surface area contributed by atoms with Crippen LogP contribution in [-0.4, -0.2) is 127 Å². The summed E-state index contributed by atoms with van der Waals surface area (Å²) in [6.07, 6.45) is 5.01. The summed E-state index contributed by atoms with van der Waals surface area (Å²) in [4.78, 5) is 29.0. The lowest BCUT2D eigenvalue weighted by Gasteiger charge is -2.52. The third kappa shape index (κ3) is 9.70. The van der Waals surface area contributed by atoms with Crippen LogP contribution in [0.3, 0.4) is 0 Å². The molecule has 15 nitrogen and oxygen atoms in total. The van der Waals surface area contributed by atoms with Crippen molar-refractivity contribution in [1.29, 1.82) is 0 Å². The summed E-state index contributed by atoms with van der Waals surface area (Å²) in [6, 6.07) is 0. The van der Waals surface area contributed by atoms with Gasteiger partial charge >= 0.3 is 5.97 Å². The summed E-state index contributed by atoms with van der Waals surface area (Å²) in [7, 11) is 0. The number of aliphatic imine (C=N–C) groups is 1. The van der Waals surface area contributed by atoms with Crippen molar-refractivity contribution in [2.24, 2.45) is 46.2 Å². The summed E-state index contributed by atoms with van der Waals surface area (Å²) in [5, 5.41) is 80.4. The number of hydrogen-bond acceptors (Lipinski definition) is 13. The van der Waals surface area contributed by atoms with Crippen molar-refractivity contribution in [3.8, 4) is 0 Å². The van der Waals surface area contributed by atoms with Crippen LogP contribution in [0.4, 0.5) is 0 Å².